The van der Waals surface area contributed by atoms with Gasteiger partial charge in [-0.1, -0.05) is 21.1 Å². The van der Waals surface area contributed by atoms with Gasteiger partial charge in [-0.2, -0.15) is 0 Å². The molecule has 1 aromatic heterocycles. The van der Waals surface area contributed by atoms with Gasteiger partial charge in [0.15, 0.2) is 11.5 Å². The predicted octanol–water partition coefficient (Wildman–Crippen LogP) is 3.13. The van der Waals surface area contributed by atoms with Gasteiger partial charge in [-0.15, -0.1) is 0 Å². The first kappa shape index (κ1) is 14.4. The van der Waals surface area contributed by atoms with Crippen LogP contribution in [0.3, 0.4) is 0 Å². The molecule has 20 heavy (non-hydrogen) atoms. The van der Waals surface area contributed by atoms with Crippen LogP contribution in [0.25, 0.3) is 11.3 Å². The Morgan fingerprint density at radius 1 is 1.30 bits per heavy atom. The number of hydrogen-bond acceptors (Lipinski definition) is 5. The molecule has 1 N–H and O–H groups in total. The molecule has 0 unspecified atom stereocenters. The molecule has 0 saturated carbocycles. The van der Waals surface area contributed by atoms with Crippen molar-refractivity contribution < 1.29 is 23.9 Å². The van der Waals surface area contributed by atoms with Crippen molar-refractivity contribution in [3.8, 4) is 22.8 Å². The lowest BCUT2D eigenvalue weighted by Gasteiger charge is -2.15. The molecule has 0 aliphatic heterocycles. The summed E-state index contributed by atoms with van der Waals surface area (Å²) in [4.78, 5) is 10.8. The molecule has 0 saturated heterocycles. The van der Waals surface area contributed by atoms with Crippen LogP contribution >= 0.6 is 15.9 Å². The smallest absolute Gasteiger partial charge is 0.374 e. The summed E-state index contributed by atoms with van der Waals surface area (Å²) in [5.74, 6) is -0.395. The molecule has 1 heterocycles. The Labute approximate surface area is 123 Å². The number of rotatable bonds is 4. The van der Waals surface area contributed by atoms with Crippen molar-refractivity contribution >= 4 is 21.9 Å². The number of carbonyl (C=O) groups is 1. The van der Waals surface area contributed by atoms with E-state index in [2.05, 4.69) is 21.1 Å². The van der Waals surface area contributed by atoms with E-state index < -0.39 is 5.97 Å². The van der Waals surface area contributed by atoms with Crippen molar-refractivity contribution in [2.24, 2.45) is 0 Å². The average molecular weight is 342 g/mol. The lowest BCUT2D eigenvalue weighted by Crippen LogP contribution is -1.97. The molecular formula is C13H12BrNO5. The van der Waals surface area contributed by atoms with Crippen LogP contribution in [-0.4, -0.2) is 30.5 Å². The van der Waals surface area contributed by atoms with Crippen LogP contribution in [0.1, 0.15) is 16.1 Å². The fourth-order valence-corrected chi connectivity index (χ4v) is 2.25. The van der Waals surface area contributed by atoms with Crippen molar-refractivity contribution in [1.29, 1.82) is 0 Å². The summed E-state index contributed by atoms with van der Waals surface area (Å²) in [7, 11) is 3.04. The molecule has 7 heteroatoms. The number of aromatic nitrogens is 1. The summed E-state index contributed by atoms with van der Waals surface area (Å²) in [6, 6.07) is 3.11. The Balaban J connectivity index is 2.66. The highest BCUT2D eigenvalue weighted by Crippen LogP contribution is 2.43. The summed E-state index contributed by atoms with van der Waals surface area (Å²) in [6.07, 6.45) is 0. The van der Waals surface area contributed by atoms with Gasteiger partial charge in [0, 0.05) is 16.1 Å². The van der Waals surface area contributed by atoms with Crippen LogP contribution in [0.2, 0.25) is 0 Å². The monoisotopic (exact) mass is 341 g/mol. The van der Waals surface area contributed by atoms with Crippen LogP contribution in [-0.2, 0) is 0 Å². The summed E-state index contributed by atoms with van der Waals surface area (Å²) >= 11 is 3.42. The van der Waals surface area contributed by atoms with Gasteiger partial charge in [0.05, 0.1) is 19.8 Å². The van der Waals surface area contributed by atoms with E-state index in [0.717, 1.165) is 10.0 Å². The van der Waals surface area contributed by atoms with Crippen molar-refractivity contribution in [3.63, 3.8) is 0 Å². The van der Waals surface area contributed by atoms with Crippen molar-refractivity contribution in [3.05, 3.63) is 27.9 Å². The Morgan fingerprint density at radius 2 is 1.95 bits per heavy atom. The van der Waals surface area contributed by atoms with Crippen LogP contribution < -0.4 is 9.47 Å². The molecule has 0 aliphatic rings. The topological polar surface area (TPSA) is 81.8 Å². The Bertz CT molecular complexity index is 665. The minimum Gasteiger partial charge on any atom is -0.493 e. The molecule has 0 atom stereocenters. The average Bonchev–Trinajstić information content (AvgIpc) is 2.90. The largest absolute Gasteiger partial charge is 0.493 e. The molecule has 106 valence electrons. The molecular weight excluding hydrogens is 330 g/mol. The lowest BCUT2D eigenvalue weighted by atomic mass is 10.1. The minimum absolute atomic E-state index is 0.238. The van der Waals surface area contributed by atoms with E-state index in [0.29, 0.717) is 22.8 Å². The molecule has 2 aromatic rings. The third-order valence-corrected chi connectivity index (χ3v) is 3.65. The normalized spacial score (nSPS) is 10.4. The Hall–Kier alpha value is -2.02. The molecule has 0 amide bonds. The van der Waals surface area contributed by atoms with Crippen LogP contribution in [0.15, 0.2) is 21.1 Å². The van der Waals surface area contributed by atoms with Crippen LogP contribution in [0, 0.1) is 6.92 Å². The SMILES string of the molecule is COc1c(-c2cc(C(=O)O)on2)cc(Br)c(C)c1OC. The van der Waals surface area contributed by atoms with E-state index in [1.807, 2.05) is 6.92 Å². The van der Waals surface area contributed by atoms with Gasteiger partial charge in [0.25, 0.3) is 0 Å². The first-order chi connectivity index (χ1) is 9.49. The van der Waals surface area contributed by atoms with Gasteiger partial charge in [-0.25, -0.2) is 4.79 Å². The summed E-state index contributed by atoms with van der Waals surface area (Å²) in [6.45, 7) is 1.88. The van der Waals surface area contributed by atoms with Gasteiger partial charge in [0.2, 0.25) is 5.76 Å². The zero-order valence-electron chi connectivity index (χ0n) is 11.1. The lowest BCUT2D eigenvalue weighted by molar-refractivity contribution is 0.0652. The first-order valence-electron chi connectivity index (χ1n) is 5.61. The number of ether oxygens (including phenoxy) is 2. The number of carboxylic acids is 1. The highest BCUT2D eigenvalue weighted by Gasteiger charge is 2.21. The standard InChI is InChI=1S/C13H12BrNO5/c1-6-8(14)4-7(12(19-3)11(6)18-2)9-5-10(13(16)17)20-15-9/h4-5H,1-3H3,(H,16,17). The molecule has 1 aromatic carbocycles. The van der Waals surface area contributed by atoms with Gasteiger partial charge < -0.3 is 19.1 Å². The van der Waals surface area contributed by atoms with Crippen LogP contribution in [0.4, 0.5) is 0 Å². The Morgan fingerprint density at radius 3 is 2.45 bits per heavy atom. The van der Waals surface area contributed by atoms with E-state index in [-0.39, 0.29) is 5.76 Å². The number of carboxylic acid groups (broad SMARTS) is 1. The quantitative estimate of drug-likeness (QED) is 0.919. The van der Waals surface area contributed by atoms with Gasteiger partial charge >= 0.3 is 5.97 Å². The first-order valence-corrected chi connectivity index (χ1v) is 6.40. The molecule has 0 spiro atoms. The van der Waals surface area contributed by atoms with E-state index in [1.54, 1.807) is 6.07 Å². The zero-order valence-corrected chi connectivity index (χ0v) is 12.6. The third kappa shape index (κ3) is 2.36. The molecule has 0 bridgehead atoms. The predicted molar refractivity (Wildman–Crippen MR) is 74.4 cm³/mol. The Kier molecular flexibility index (Phi) is 3.99. The number of halogens is 1. The summed E-state index contributed by atoms with van der Waals surface area (Å²) in [5.41, 5.74) is 1.81. The third-order valence-electron chi connectivity index (χ3n) is 2.83. The van der Waals surface area contributed by atoms with Crippen LogP contribution in [0.5, 0.6) is 11.5 Å². The summed E-state index contributed by atoms with van der Waals surface area (Å²) in [5, 5.41) is 12.6. The van der Waals surface area contributed by atoms with E-state index in [9.17, 15) is 4.79 Å². The van der Waals surface area contributed by atoms with Crippen molar-refractivity contribution in [2.45, 2.75) is 6.92 Å². The second-order valence-electron chi connectivity index (χ2n) is 3.98. The minimum atomic E-state index is -1.18. The fourth-order valence-electron chi connectivity index (χ4n) is 1.84. The van der Waals surface area contributed by atoms with Gasteiger partial charge in [0.1, 0.15) is 5.69 Å². The van der Waals surface area contributed by atoms with E-state index >= 15 is 0 Å². The number of nitrogens with zero attached hydrogens (tertiary/aromatic N) is 1. The molecule has 0 fully saturated rings. The second kappa shape index (κ2) is 5.54. The molecule has 6 nitrogen and oxygen atoms in total. The van der Waals surface area contributed by atoms with Gasteiger partial charge in [-0.3, -0.25) is 0 Å². The zero-order chi connectivity index (χ0) is 14.9. The number of hydrogen-bond donors (Lipinski definition) is 1. The van der Waals surface area contributed by atoms with Crippen molar-refractivity contribution in [1.82, 2.24) is 5.16 Å². The number of aromatic carboxylic acids is 1. The molecule has 2 rings (SSSR count). The second-order valence-corrected chi connectivity index (χ2v) is 4.83. The maximum Gasteiger partial charge on any atom is 0.374 e. The highest BCUT2D eigenvalue weighted by atomic mass is 79.9. The molecule has 0 radical (unpaired) electrons. The maximum absolute atomic E-state index is 10.8. The molecule has 0 aliphatic carbocycles. The van der Waals surface area contributed by atoms with Crippen molar-refractivity contribution in [2.75, 3.05) is 14.2 Å². The van der Waals surface area contributed by atoms with Gasteiger partial charge in [-0.05, 0) is 13.0 Å². The number of methoxy groups -OCH3 is 2. The maximum atomic E-state index is 10.8. The number of benzene rings is 1. The summed E-state index contributed by atoms with van der Waals surface area (Å²) < 4.78 is 16.2. The van der Waals surface area contributed by atoms with E-state index in [4.69, 9.17) is 19.1 Å². The van der Waals surface area contributed by atoms with E-state index in [1.165, 1.54) is 20.3 Å². The fraction of sp³-hybridized carbons (Fsp3) is 0.231. The highest BCUT2D eigenvalue weighted by molar-refractivity contribution is 9.10.